The Labute approximate surface area is 166 Å². The van der Waals surface area contributed by atoms with E-state index in [2.05, 4.69) is 11.1 Å². The second-order valence-corrected chi connectivity index (χ2v) is 8.26. The third-order valence-corrected chi connectivity index (χ3v) is 5.04. The fourth-order valence-corrected chi connectivity index (χ4v) is 3.42. The number of hydrogen-bond acceptors (Lipinski definition) is 5. The molecule has 0 spiro atoms. The van der Waals surface area contributed by atoms with Crippen LogP contribution in [0.4, 0.5) is 0 Å². The van der Waals surface area contributed by atoms with E-state index in [4.69, 9.17) is 9.29 Å². The van der Waals surface area contributed by atoms with Crippen molar-refractivity contribution in [3.05, 3.63) is 0 Å². The van der Waals surface area contributed by atoms with Gasteiger partial charge < -0.3 is 4.74 Å². The van der Waals surface area contributed by atoms with Gasteiger partial charge in [-0.1, -0.05) is 97.3 Å². The molecule has 0 aliphatic rings. The zero-order valence-electron chi connectivity index (χ0n) is 17.3. The number of carbonyl (C=O) groups is 1. The first-order chi connectivity index (χ1) is 12.9. The molecule has 0 aromatic carbocycles. The van der Waals surface area contributed by atoms with Gasteiger partial charge in [0.2, 0.25) is 0 Å². The lowest BCUT2D eigenvalue weighted by Crippen LogP contribution is -2.29. The lowest BCUT2D eigenvalue weighted by Gasteiger charge is -2.14. The molecule has 0 aromatic heterocycles. The Bertz CT molecular complexity index is 449. The van der Waals surface area contributed by atoms with Crippen LogP contribution in [0.2, 0.25) is 0 Å². The van der Waals surface area contributed by atoms with Crippen molar-refractivity contribution >= 4 is 16.4 Å². The van der Waals surface area contributed by atoms with Crippen molar-refractivity contribution in [2.45, 2.75) is 116 Å². The van der Waals surface area contributed by atoms with E-state index in [1.165, 1.54) is 57.8 Å². The molecule has 0 saturated carbocycles. The molecule has 0 saturated heterocycles. The largest absolute Gasteiger partial charge is 0.464 e. The molecule has 0 bridgehead atoms. The molecule has 6 nitrogen and oxygen atoms in total. The first-order valence-electron chi connectivity index (χ1n) is 10.7. The summed E-state index contributed by atoms with van der Waals surface area (Å²) < 4.78 is 39.9. The quantitative estimate of drug-likeness (QED) is 0.170. The summed E-state index contributed by atoms with van der Waals surface area (Å²) in [5.41, 5.74) is 0. The van der Waals surface area contributed by atoms with Gasteiger partial charge in [0.15, 0.2) is 6.10 Å². The monoisotopic (exact) mass is 408 g/mol. The fourth-order valence-electron chi connectivity index (χ4n) is 2.95. The topological polar surface area (TPSA) is 89.9 Å². The van der Waals surface area contributed by atoms with E-state index in [9.17, 15) is 13.2 Å². The molecule has 162 valence electrons. The van der Waals surface area contributed by atoms with Crippen molar-refractivity contribution in [1.82, 2.24) is 0 Å². The molecule has 1 atom stereocenters. The summed E-state index contributed by atoms with van der Waals surface area (Å²) in [6.07, 6.45) is 15.0. The van der Waals surface area contributed by atoms with E-state index in [0.717, 1.165) is 25.7 Å². The molecular formula is C20H40O6S. The van der Waals surface area contributed by atoms with Gasteiger partial charge in [-0.05, 0) is 12.8 Å². The Hall–Kier alpha value is -0.660. The van der Waals surface area contributed by atoms with Crippen LogP contribution in [-0.4, -0.2) is 31.7 Å². The van der Waals surface area contributed by atoms with Crippen molar-refractivity contribution in [2.24, 2.45) is 0 Å². The number of carbonyl (C=O) groups excluding carboxylic acids is 1. The molecule has 7 heteroatoms. The van der Waals surface area contributed by atoms with E-state index >= 15 is 0 Å². The van der Waals surface area contributed by atoms with Gasteiger partial charge in [0.25, 0.3) is 0 Å². The van der Waals surface area contributed by atoms with Crippen molar-refractivity contribution in [1.29, 1.82) is 0 Å². The van der Waals surface area contributed by atoms with Gasteiger partial charge in [-0.2, -0.15) is 8.42 Å². The van der Waals surface area contributed by atoms with Crippen LogP contribution in [0.15, 0.2) is 0 Å². The maximum atomic E-state index is 11.9. The van der Waals surface area contributed by atoms with Gasteiger partial charge in [-0.15, -0.1) is 0 Å². The van der Waals surface area contributed by atoms with Crippen molar-refractivity contribution < 1.29 is 26.7 Å². The smallest absolute Gasteiger partial charge is 0.398 e. The van der Waals surface area contributed by atoms with Crippen LogP contribution in [-0.2, 0) is 24.1 Å². The molecule has 0 aliphatic heterocycles. The van der Waals surface area contributed by atoms with Crippen LogP contribution in [0.1, 0.15) is 110 Å². The van der Waals surface area contributed by atoms with Crippen molar-refractivity contribution in [3.8, 4) is 0 Å². The SMILES string of the molecule is CCCCCCCCCCCCCCOC(=O)C(CCCC)OS(=O)(=O)O. The minimum Gasteiger partial charge on any atom is -0.464 e. The first-order valence-corrected chi connectivity index (χ1v) is 12.1. The molecule has 0 rings (SSSR count). The standard InChI is InChI=1S/C20H40O6S/c1-3-5-7-8-9-10-11-12-13-14-15-16-18-25-20(21)19(17-6-4-2)26-27(22,23)24/h19H,3-18H2,1-2H3,(H,22,23,24). The van der Waals surface area contributed by atoms with Gasteiger partial charge in [-0.3, -0.25) is 4.55 Å². The fraction of sp³-hybridized carbons (Fsp3) is 0.950. The number of rotatable bonds is 19. The molecule has 0 fully saturated rings. The van der Waals surface area contributed by atoms with E-state index in [1.54, 1.807) is 0 Å². The molecule has 0 radical (unpaired) electrons. The summed E-state index contributed by atoms with van der Waals surface area (Å²) >= 11 is 0. The molecule has 1 N–H and O–H groups in total. The highest BCUT2D eigenvalue weighted by molar-refractivity contribution is 7.80. The Morgan fingerprint density at radius 3 is 1.67 bits per heavy atom. The first kappa shape index (κ1) is 26.3. The van der Waals surface area contributed by atoms with E-state index in [0.29, 0.717) is 6.42 Å². The summed E-state index contributed by atoms with van der Waals surface area (Å²) in [7, 11) is -4.66. The Morgan fingerprint density at radius 1 is 0.778 bits per heavy atom. The lowest BCUT2D eigenvalue weighted by molar-refractivity contribution is -0.152. The maximum Gasteiger partial charge on any atom is 0.398 e. The molecule has 0 aromatic rings. The predicted molar refractivity (Wildman–Crippen MR) is 108 cm³/mol. The number of unbranched alkanes of at least 4 members (excludes halogenated alkanes) is 12. The van der Waals surface area contributed by atoms with Crippen LogP contribution in [0.25, 0.3) is 0 Å². The van der Waals surface area contributed by atoms with Crippen LogP contribution in [0, 0.1) is 0 Å². The summed E-state index contributed by atoms with van der Waals surface area (Å²) in [5.74, 6) is -0.718. The molecule has 0 amide bonds. The van der Waals surface area contributed by atoms with Crippen molar-refractivity contribution in [2.75, 3.05) is 6.61 Å². The van der Waals surface area contributed by atoms with Crippen LogP contribution >= 0.6 is 0 Å². The van der Waals surface area contributed by atoms with E-state index in [1.807, 2.05) is 6.92 Å². The highest BCUT2D eigenvalue weighted by atomic mass is 32.3. The number of ether oxygens (including phenoxy) is 1. The molecule has 0 heterocycles. The van der Waals surface area contributed by atoms with Gasteiger partial charge in [0.1, 0.15) is 0 Å². The zero-order valence-corrected chi connectivity index (χ0v) is 18.1. The normalized spacial score (nSPS) is 12.9. The molecular weight excluding hydrogens is 368 g/mol. The maximum absolute atomic E-state index is 11.9. The van der Waals surface area contributed by atoms with Gasteiger partial charge in [0.05, 0.1) is 6.61 Å². The highest BCUT2D eigenvalue weighted by Gasteiger charge is 2.25. The number of esters is 1. The van der Waals surface area contributed by atoms with Crippen LogP contribution < -0.4 is 0 Å². The second kappa shape index (κ2) is 17.4. The van der Waals surface area contributed by atoms with Crippen molar-refractivity contribution in [3.63, 3.8) is 0 Å². The van der Waals surface area contributed by atoms with E-state index < -0.39 is 22.5 Å². The second-order valence-electron chi connectivity index (χ2n) is 7.21. The van der Waals surface area contributed by atoms with E-state index in [-0.39, 0.29) is 13.0 Å². The minimum atomic E-state index is -4.66. The molecule has 0 aliphatic carbocycles. The van der Waals surface area contributed by atoms with Crippen LogP contribution in [0.5, 0.6) is 0 Å². The average Bonchev–Trinajstić information content (AvgIpc) is 2.61. The summed E-state index contributed by atoms with van der Waals surface area (Å²) in [4.78, 5) is 11.9. The molecule has 1 unspecified atom stereocenters. The zero-order chi connectivity index (χ0) is 20.4. The van der Waals surface area contributed by atoms with Crippen LogP contribution in [0.3, 0.4) is 0 Å². The summed E-state index contributed by atoms with van der Waals surface area (Å²) in [6.45, 7) is 4.41. The summed E-state index contributed by atoms with van der Waals surface area (Å²) in [5, 5.41) is 0. The Morgan fingerprint density at radius 2 is 1.22 bits per heavy atom. The van der Waals surface area contributed by atoms with Gasteiger partial charge in [-0.25, -0.2) is 8.98 Å². The highest BCUT2D eigenvalue weighted by Crippen LogP contribution is 2.13. The third kappa shape index (κ3) is 18.5. The minimum absolute atomic E-state index is 0.216. The van der Waals surface area contributed by atoms with Gasteiger partial charge >= 0.3 is 16.4 Å². The Kier molecular flexibility index (Phi) is 17.0. The third-order valence-electron chi connectivity index (χ3n) is 4.56. The summed E-state index contributed by atoms with van der Waals surface area (Å²) in [6, 6.07) is 0. The number of hydrogen-bond donors (Lipinski definition) is 1. The predicted octanol–water partition coefficient (Wildman–Crippen LogP) is 5.61. The average molecular weight is 409 g/mol. The molecule has 27 heavy (non-hydrogen) atoms. The Balaban J connectivity index is 3.64. The lowest BCUT2D eigenvalue weighted by atomic mass is 10.1. The van der Waals surface area contributed by atoms with Gasteiger partial charge in [0, 0.05) is 0 Å².